The largest absolute Gasteiger partial charge is 0.334 e. The maximum atomic E-state index is 5.98. The first-order valence-corrected chi connectivity index (χ1v) is 7.16. The molecule has 1 aliphatic heterocycles. The predicted octanol–water partition coefficient (Wildman–Crippen LogP) is 2.36. The van der Waals surface area contributed by atoms with Crippen molar-refractivity contribution >= 4 is 11.6 Å². The van der Waals surface area contributed by atoms with Gasteiger partial charge in [0.2, 0.25) is 0 Å². The quantitative estimate of drug-likeness (QED) is 0.941. The molecule has 0 bridgehead atoms. The van der Waals surface area contributed by atoms with Gasteiger partial charge >= 0.3 is 0 Å². The first-order valence-electron chi connectivity index (χ1n) is 6.78. The number of piperazine rings is 1. The van der Waals surface area contributed by atoms with E-state index in [1.54, 1.807) is 0 Å². The van der Waals surface area contributed by atoms with Crippen LogP contribution < -0.4 is 5.32 Å². The Morgan fingerprint density at radius 2 is 2.15 bits per heavy atom. The zero-order valence-electron chi connectivity index (χ0n) is 11.3. The fraction of sp³-hybridized carbons (Fsp3) is 0.429. The van der Waals surface area contributed by atoms with E-state index in [0.717, 1.165) is 37.6 Å². The SMILES string of the molecule is CC(c1noc(-c2cccc(Cl)c2)n1)N1CCNCC1. The maximum absolute atomic E-state index is 5.98. The number of halogens is 1. The number of hydrogen-bond donors (Lipinski definition) is 1. The minimum Gasteiger partial charge on any atom is -0.334 e. The molecule has 0 aliphatic carbocycles. The van der Waals surface area contributed by atoms with Gasteiger partial charge < -0.3 is 9.84 Å². The van der Waals surface area contributed by atoms with E-state index < -0.39 is 0 Å². The van der Waals surface area contributed by atoms with Gasteiger partial charge in [0.15, 0.2) is 5.82 Å². The fourth-order valence-corrected chi connectivity index (χ4v) is 2.57. The Morgan fingerprint density at radius 3 is 2.90 bits per heavy atom. The number of hydrogen-bond acceptors (Lipinski definition) is 5. The normalized spacial score (nSPS) is 18.1. The topological polar surface area (TPSA) is 54.2 Å². The number of rotatable bonds is 3. The maximum Gasteiger partial charge on any atom is 0.258 e. The van der Waals surface area contributed by atoms with Crippen molar-refractivity contribution in [3.8, 4) is 11.5 Å². The third-order valence-electron chi connectivity index (χ3n) is 3.59. The molecule has 5 nitrogen and oxygen atoms in total. The third kappa shape index (κ3) is 2.85. The highest BCUT2D eigenvalue weighted by atomic mass is 35.5. The number of nitrogens with zero attached hydrogens (tertiary/aromatic N) is 3. The summed E-state index contributed by atoms with van der Waals surface area (Å²) in [7, 11) is 0. The summed E-state index contributed by atoms with van der Waals surface area (Å²) >= 11 is 5.98. The molecule has 0 radical (unpaired) electrons. The molecule has 1 unspecified atom stereocenters. The molecule has 20 heavy (non-hydrogen) atoms. The van der Waals surface area contributed by atoms with Gasteiger partial charge in [-0.2, -0.15) is 4.98 Å². The first kappa shape index (κ1) is 13.5. The lowest BCUT2D eigenvalue weighted by Crippen LogP contribution is -2.44. The second-order valence-corrected chi connectivity index (χ2v) is 5.37. The van der Waals surface area contributed by atoms with E-state index >= 15 is 0 Å². The van der Waals surface area contributed by atoms with E-state index in [2.05, 4.69) is 27.3 Å². The van der Waals surface area contributed by atoms with E-state index in [4.69, 9.17) is 16.1 Å². The average molecular weight is 293 g/mol. The van der Waals surface area contributed by atoms with Crippen LogP contribution in [-0.4, -0.2) is 41.2 Å². The lowest BCUT2D eigenvalue weighted by molar-refractivity contribution is 0.176. The minimum atomic E-state index is 0.161. The summed E-state index contributed by atoms with van der Waals surface area (Å²) in [5.41, 5.74) is 0.851. The predicted molar refractivity (Wildman–Crippen MR) is 77.6 cm³/mol. The molecule has 1 aromatic carbocycles. The van der Waals surface area contributed by atoms with Crippen LogP contribution in [0.25, 0.3) is 11.5 Å². The zero-order valence-corrected chi connectivity index (χ0v) is 12.1. The smallest absolute Gasteiger partial charge is 0.258 e. The molecular formula is C14H17ClN4O. The van der Waals surface area contributed by atoms with Gasteiger partial charge in [0, 0.05) is 36.8 Å². The summed E-state index contributed by atoms with van der Waals surface area (Å²) in [5, 5.41) is 8.11. The monoisotopic (exact) mass is 292 g/mol. The molecule has 1 N–H and O–H groups in total. The Balaban J connectivity index is 1.79. The molecular weight excluding hydrogens is 276 g/mol. The molecule has 0 spiro atoms. The van der Waals surface area contributed by atoms with Gasteiger partial charge in [-0.05, 0) is 25.1 Å². The highest BCUT2D eigenvalue weighted by Gasteiger charge is 2.22. The van der Waals surface area contributed by atoms with Crippen LogP contribution in [0.4, 0.5) is 0 Å². The highest BCUT2D eigenvalue weighted by molar-refractivity contribution is 6.30. The Kier molecular flexibility index (Phi) is 4.00. The van der Waals surface area contributed by atoms with Crippen LogP contribution >= 0.6 is 11.6 Å². The van der Waals surface area contributed by atoms with Crippen molar-refractivity contribution in [3.63, 3.8) is 0 Å². The molecule has 0 saturated carbocycles. The Bertz CT molecular complexity index is 580. The molecule has 1 aliphatic rings. The molecule has 2 aromatic rings. The van der Waals surface area contributed by atoms with Crippen molar-refractivity contribution in [1.29, 1.82) is 0 Å². The lowest BCUT2D eigenvalue weighted by Gasteiger charge is -2.30. The number of nitrogens with one attached hydrogen (secondary N) is 1. The lowest BCUT2D eigenvalue weighted by atomic mass is 10.2. The highest BCUT2D eigenvalue weighted by Crippen LogP contribution is 2.24. The van der Waals surface area contributed by atoms with Crippen LogP contribution in [0.15, 0.2) is 28.8 Å². The molecule has 1 atom stereocenters. The number of aromatic nitrogens is 2. The van der Waals surface area contributed by atoms with Gasteiger partial charge in [0.05, 0.1) is 6.04 Å². The molecule has 1 saturated heterocycles. The van der Waals surface area contributed by atoms with Crippen molar-refractivity contribution in [1.82, 2.24) is 20.4 Å². The Labute approximate surface area is 122 Å². The molecule has 106 valence electrons. The summed E-state index contributed by atoms with van der Waals surface area (Å²) in [6.45, 7) is 6.12. The molecule has 0 amide bonds. The van der Waals surface area contributed by atoms with E-state index in [-0.39, 0.29) is 6.04 Å². The van der Waals surface area contributed by atoms with Crippen molar-refractivity contribution in [2.75, 3.05) is 26.2 Å². The van der Waals surface area contributed by atoms with E-state index in [0.29, 0.717) is 10.9 Å². The Morgan fingerprint density at radius 1 is 1.35 bits per heavy atom. The van der Waals surface area contributed by atoms with Crippen molar-refractivity contribution < 1.29 is 4.52 Å². The van der Waals surface area contributed by atoms with Gasteiger partial charge in [-0.15, -0.1) is 0 Å². The van der Waals surface area contributed by atoms with E-state index in [9.17, 15) is 0 Å². The summed E-state index contributed by atoms with van der Waals surface area (Å²) in [5.74, 6) is 1.24. The average Bonchev–Trinajstić information content (AvgIpc) is 2.97. The summed E-state index contributed by atoms with van der Waals surface area (Å²) < 4.78 is 5.36. The molecule has 1 fully saturated rings. The fourth-order valence-electron chi connectivity index (χ4n) is 2.38. The van der Waals surface area contributed by atoms with Gasteiger partial charge in [-0.25, -0.2) is 0 Å². The molecule has 2 heterocycles. The summed E-state index contributed by atoms with van der Waals surface area (Å²) in [6.07, 6.45) is 0. The van der Waals surface area contributed by atoms with Gasteiger partial charge in [0.1, 0.15) is 0 Å². The van der Waals surface area contributed by atoms with Gasteiger partial charge in [-0.1, -0.05) is 22.8 Å². The molecule has 1 aromatic heterocycles. The molecule has 6 heteroatoms. The van der Waals surface area contributed by atoms with E-state index in [1.807, 2.05) is 24.3 Å². The van der Waals surface area contributed by atoms with Crippen molar-refractivity contribution in [2.24, 2.45) is 0 Å². The van der Waals surface area contributed by atoms with Gasteiger partial charge in [0.25, 0.3) is 5.89 Å². The van der Waals surface area contributed by atoms with Crippen molar-refractivity contribution in [2.45, 2.75) is 13.0 Å². The van der Waals surface area contributed by atoms with Crippen LogP contribution in [0.1, 0.15) is 18.8 Å². The van der Waals surface area contributed by atoms with Crippen LogP contribution in [0.3, 0.4) is 0 Å². The van der Waals surface area contributed by atoms with Gasteiger partial charge in [-0.3, -0.25) is 4.90 Å². The Hall–Kier alpha value is -1.43. The third-order valence-corrected chi connectivity index (χ3v) is 3.82. The molecule has 3 rings (SSSR count). The zero-order chi connectivity index (χ0) is 13.9. The van der Waals surface area contributed by atoms with Crippen LogP contribution in [0.5, 0.6) is 0 Å². The first-order chi connectivity index (χ1) is 9.74. The van der Waals surface area contributed by atoms with E-state index in [1.165, 1.54) is 0 Å². The van der Waals surface area contributed by atoms with Crippen LogP contribution in [0, 0.1) is 0 Å². The summed E-state index contributed by atoms with van der Waals surface area (Å²) in [6, 6.07) is 7.61. The standard InChI is InChI=1S/C14H17ClN4O/c1-10(19-7-5-16-6-8-19)13-17-14(20-18-13)11-3-2-4-12(15)9-11/h2-4,9-10,16H,5-8H2,1H3. The van der Waals surface area contributed by atoms with Crippen molar-refractivity contribution in [3.05, 3.63) is 35.1 Å². The number of benzene rings is 1. The second kappa shape index (κ2) is 5.91. The van der Waals surface area contributed by atoms with Crippen LogP contribution in [-0.2, 0) is 0 Å². The van der Waals surface area contributed by atoms with Crippen LogP contribution in [0.2, 0.25) is 5.02 Å². The minimum absolute atomic E-state index is 0.161. The summed E-state index contributed by atoms with van der Waals surface area (Å²) in [4.78, 5) is 6.85. The second-order valence-electron chi connectivity index (χ2n) is 4.93.